The fourth-order valence-electron chi connectivity index (χ4n) is 1.70. The first-order valence-corrected chi connectivity index (χ1v) is 6.26. The van der Waals surface area contributed by atoms with Crippen LogP contribution in [0, 0.1) is 11.8 Å². The highest BCUT2D eigenvalue weighted by Crippen LogP contribution is 2.31. The molecule has 1 rings (SSSR count). The predicted octanol–water partition coefficient (Wildman–Crippen LogP) is 1.59. The van der Waals surface area contributed by atoms with Gasteiger partial charge in [0.1, 0.15) is 6.04 Å². The van der Waals surface area contributed by atoms with Crippen molar-refractivity contribution < 1.29 is 14.7 Å². The molecule has 0 unspecified atom stereocenters. The third-order valence-electron chi connectivity index (χ3n) is 2.85. The van der Waals surface area contributed by atoms with Crippen molar-refractivity contribution in [1.29, 1.82) is 0 Å². The molecule has 1 saturated carbocycles. The summed E-state index contributed by atoms with van der Waals surface area (Å²) in [6, 6.07) is -1.17. The lowest BCUT2D eigenvalue weighted by atomic mass is 10.0. The number of carboxylic acids is 1. The fourth-order valence-corrected chi connectivity index (χ4v) is 1.70. The summed E-state index contributed by atoms with van der Waals surface area (Å²) in [6.07, 6.45) is 3.96. The molecule has 5 nitrogen and oxygen atoms in total. The molecule has 1 atom stereocenters. The summed E-state index contributed by atoms with van der Waals surface area (Å²) in [5.41, 5.74) is 0. The lowest BCUT2D eigenvalue weighted by Crippen LogP contribution is -2.46. The molecule has 17 heavy (non-hydrogen) atoms. The molecule has 1 fully saturated rings. The second kappa shape index (κ2) is 6.47. The van der Waals surface area contributed by atoms with E-state index >= 15 is 0 Å². The van der Waals surface area contributed by atoms with Crippen molar-refractivity contribution in [2.45, 2.75) is 45.6 Å². The molecular formula is C12H22N2O3. The van der Waals surface area contributed by atoms with Crippen molar-refractivity contribution in [3.8, 4) is 0 Å². The van der Waals surface area contributed by atoms with E-state index in [1.165, 1.54) is 12.8 Å². The van der Waals surface area contributed by atoms with E-state index in [-0.39, 0.29) is 11.9 Å². The molecule has 0 aromatic heterocycles. The molecule has 1 aliphatic rings. The number of hydrogen-bond acceptors (Lipinski definition) is 2. The molecule has 5 heteroatoms. The van der Waals surface area contributed by atoms with E-state index in [0.29, 0.717) is 13.0 Å². The van der Waals surface area contributed by atoms with E-state index < -0.39 is 12.0 Å². The van der Waals surface area contributed by atoms with Crippen LogP contribution in [0.15, 0.2) is 0 Å². The zero-order chi connectivity index (χ0) is 12.8. The minimum Gasteiger partial charge on any atom is -0.480 e. The van der Waals surface area contributed by atoms with Crippen molar-refractivity contribution in [2.75, 3.05) is 6.54 Å². The number of carbonyl (C=O) groups excluding carboxylic acids is 1. The molecule has 0 spiro atoms. The van der Waals surface area contributed by atoms with Crippen molar-refractivity contribution in [3.63, 3.8) is 0 Å². The van der Waals surface area contributed by atoms with E-state index in [0.717, 1.165) is 12.3 Å². The molecule has 0 aliphatic heterocycles. The van der Waals surface area contributed by atoms with Crippen molar-refractivity contribution in [3.05, 3.63) is 0 Å². The van der Waals surface area contributed by atoms with Gasteiger partial charge in [-0.2, -0.15) is 0 Å². The zero-order valence-corrected chi connectivity index (χ0v) is 10.5. The van der Waals surface area contributed by atoms with Gasteiger partial charge in [-0.1, -0.05) is 26.7 Å². The minimum atomic E-state index is -0.976. The maximum Gasteiger partial charge on any atom is 0.326 e. The van der Waals surface area contributed by atoms with Crippen LogP contribution in [0.4, 0.5) is 4.79 Å². The summed E-state index contributed by atoms with van der Waals surface area (Å²) in [4.78, 5) is 22.4. The monoisotopic (exact) mass is 242 g/mol. The number of carboxylic acid groups (broad SMARTS) is 1. The molecular weight excluding hydrogens is 220 g/mol. The van der Waals surface area contributed by atoms with Gasteiger partial charge < -0.3 is 15.7 Å². The Hall–Kier alpha value is -1.26. The number of amides is 2. The molecule has 0 heterocycles. The molecule has 0 bridgehead atoms. The van der Waals surface area contributed by atoms with Gasteiger partial charge in [-0.15, -0.1) is 0 Å². The van der Waals surface area contributed by atoms with Gasteiger partial charge in [0.2, 0.25) is 0 Å². The Balaban J connectivity index is 2.21. The minimum absolute atomic E-state index is 0.239. The number of rotatable bonds is 7. The molecule has 3 N–H and O–H groups in total. The number of aliphatic carboxylic acids is 1. The summed E-state index contributed by atoms with van der Waals surface area (Å²) in [6.45, 7) is 4.50. The largest absolute Gasteiger partial charge is 0.480 e. The second-order valence-electron chi connectivity index (χ2n) is 5.15. The summed E-state index contributed by atoms with van der Waals surface area (Å²) < 4.78 is 0. The van der Waals surface area contributed by atoms with Gasteiger partial charge >= 0.3 is 12.0 Å². The molecule has 0 radical (unpaired) electrons. The van der Waals surface area contributed by atoms with Crippen LogP contribution in [0.3, 0.4) is 0 Å². The first-order valence-electron chi connectivity index (χ1n) is 6.26. The van der Waals surface area contributed by atoms with Gasteiger partial charge in [-0.3, -0.25) is 0 Å². The average Bonchev–Trinajstić information content (AvgIpc) is 2.99. The summed E-state index contributed by atoms with van der Waals surface area (Å²) in [5.74, 6) is 0.0279. The topological polar surface area (TPSA) is 78.4 Å². The van der Waals surface area contributed by atoms with Gasteiger partial charge in [0.15, 0.2) is 0 Å². The molecule has 98 valence electrons. The molecule has 1 aliphatic carbocycles. The van der Waals surface area contributed by atoms with Crippen molar-refractivity contribution in [1.82, 2.24) is 10.6 Å². The lowest BCUT2D eigenvalue weighted by molar-refractivity contribution is -0.139. The average molecular weight is 242 g/mol. The maximum atomic E-state index is 11.5. The van der Waals surface area contributed by atoms with Gasteiger partial charge in [-0.05, 0) is 24.7 Å². The number of urea groups is 1. The number of nitrogens with one attached hydrogen (secondary N) is 2. The van der Waals surface area contributed by atoms with E-state index in [1.807, 2.05) is 13.8 Å². The first-order chi connectivity index (χ1) is 7.99. The van der Waals surface area contributed by atoms with Crippen LogP contribution in [0.25, 0.3) is 0 Å². The number of carbonyl (C=O) groups is 2. The highest BCUT2D eigenvalue weighted by Gasteiger charge is 2.22. The highest BCUT2D eigenvalue weighted by atomic mass is 16.4. The first kappa shape index (κ1) is 13.8. The predicted molar refractivity (Wildman–Crippen MR) is 64.8 cm³/mol. The molecule has 2 amide bonds. The Morgan fingerprint density at radius 3 is 2.47 bits per heavy atom. The van der Waals surface area contributed by atoms with E-state index in [9.17, 15) is 9.59 Å². The molecule has 0 saturated heterocycles. The van der Waals surface area contributed by atoms with E-state index in [2.05, 4.69) is 10.6 Å². The fraction of sp³-hybridized carbons (Fsp3) is 0.833. The summed E-state index contributed by atoms with van der Waals surface area (Å²) in [5, 5.41) is 14.1. The maximum absolute atomic E-state index is 11.5. The van der Waals surface area contributed by atoms with E-state index in [4.69, 9.17) is 5.11 Å². The Bertz CT molecular complexity index is 275. The van der Waals surface area contributed by atoms with Crippen LogP contribution < -0.4 is 10.6 Å². The van der Waals surface area contributed by atoms with Gasteiger partial charge in [-0.25, -0.2) is 9.59 Å². The van der Waals surface area contributed by atoms with E-state index in [1.54, 1.807) is 0 Å². The van der Waals surface area contributed by atoms with Crippen LogP contribution >= 0.6 is 0 Å². The lowest BCUT2D eigenvalue weighted by Gasteiger charge is -2.16. The Morgan fingerprint density at radius 2 is 2.00 bits per heavy atom. The zero-order valence-electron chi connectivity index (χ0n) is 10.5. The Morgan fingerprint density at radius 1 is 1.35 bits per heavy atom. The van der Waals surface area contributed by atoms with Crippen LogP contribution in [-0.2, 0) is 4.79 Å². The second-order valence-corrected chi connectivity index (χ2v) is 5.15. The van der Waals surface area contributed by atoms with Gasteiger partial charge in [0, 0.05) is 6.54 Å². The third kappa shape index (κ3) is 6.14. The van der Waals surface area contributed by atoms with Crippen LogP contribution in [0.5, 0.6) is 0 Å². The van der Waals surface area contributed by atoms with Crippen molar-refractivity contribution >= 4 is 12.0 Å². The standard InChI is InChI=1S/C12H22N2O3/c1-8(2)7-10(11(15)16)14-12(17)13-6-5-9-3-4-9/h8-10H,3-7H2,1-2H3,(H,15,16)(H2,13,14,17)/t10-/m0/s1. The molecule has 0 aromatic carbocycles. The highest BCUT2D eigenvalue weighted by molar-refractivity contribution is 5.82. The molecule has 0 aromatic rings. The smallest absolute Gasteiger partial charge is 0.326 e. The van der Waals surface area contributed by atoms with Crippen LogP contribution in [-0.4, -0.2) is 29.7 Å². The summed E-state index contributed by atoms with van der Waals surface area (Å²) in [7, 11) is 0. The third-order valence-corrected chi connectivity index (χ3v) is 2.85. The van der Waals surface area contributed by atoms with Crippen LogP contribution in [0.1, 0.15) is 39.5 Å². The van der Waals surface area contributed by atoms with Crippen molar-refractivity contribution in [2.24, 2.45) is 11.8 Å². The number of hydrogen-bond donors (Lipinski definition) is 3. The van der Waals surface area contributed by atoms with Gasteiger partial charge in [0.25, 0.3) is 0 Å². The Kier molecular flexibility index (Phi) is 5.25. The van der Waals surface area contributed by atoms with Gasteiger partial charge in [0.05, 0.1) is 0 Å². The normalized spacial score (nSPS) is 16.6. The Labute approximate surface area is 102 Å². The summed E-state index contributed by atoms with van der Waals surface area (Å²) >= 11 is 0. The SMILES string of the molecule is CC(C)C[C@H](NC(=O)NCCC1CC1)C(=O)O. The van der Waals surface area contributed by atoms with Crippen LogP contribution in [0.2, 0.25) is 0 Å². The quantitative estimate of drug-likeness (QED) is 0.634.